The van der Waals surface area contributed by atoms with E-state index in [-0.39, 0.29) is 0 Å². The van der Waals surface area contributed by atoms with Gasteiger partial charge in [0, 0.05) is 16.2 Å². The van der Waals surface area contributed by atoms with Crippen LogP contribution in [0.3, 0.4) is 0 Å². The smallest absolute Gasteiger partial charge is 0.0992 e. The summed E-state index contributed by atoms with van der Waals surface area (Å²) in [5.74, 6) is 0. The van der Waals surface area contributed by atoms with E-state index in [1.807, 2.05) is 12.1 Å². The van der Waals surface area contributed by atoms with Gasteiger partial charge in [0.25, 0.3) is 0 Å². The number of aromatic nitrogens is 2. The zero-order valence-electron chi connectivity index (χ0n) is 22.7. The number of nitrogens with zero attached hydrogens (tertiary/aromatic N) is 3. The molecule has 0 bridgehead atoms. The van der Waals surface area contributed by atoms with Crippen molar-refractivity contribution < 1.29 is 0 Å². The highest BCUT2D eigenvalue weighted by Gasteiger charge is 2.22. The normalized spacial score (nSPS) is 13.1. The lowest BCUT2D eigenvalue weighted by Gasteiger charge is -2.18. The van der Waals surface area contributed by atoms with Crippen LogP contribution in [0.5, 0.6) is 0 Å². The fourth-order valence-electron chi connectivity index (χ4n) is 6.15. The summed E-state index contributed by atoms with van der Waals surface area (Å²) in [6.07, 6.45) is 7.67. The molecule has 3 nitrogen and oxygen atoms in total. The summed E-state index contributed by atoms with van der Waals surface area (Å²) in [7, 11) is 0. The molecule has 0 atom stereocenters. The summed E-state index contributed by atoms with van der Waals surface area (Å²) >= 11 is 0. The number of hydrogen-bond donors (Lipinski definition) is 0. The van der Waals surface area contributed by atoms with Crippen LogP contribution in [0.15, 0.2) is 90.5 Å². The van der Waals surface area contributed by atoms with Crippen LogP contribution >= 0.6 is 0 Å². The standard InChI is InChI=1S/C36H29N3/c1-22-5-11-27-28-17-23(2)7-13-32(28)38(31(27)12-6-22)35-16-10-26(21-37)20-36(35)39-33-14-8-24(3)18-29(33)30-19-25(4)9-15-34(30)39/h5-10,12-20H,11H2,1-4H3. The fraction of sp³-hybridized carbons (Fsp3) is 0.139. The summed E-state index contributed by atoms with van der Waals surface area (Å²) in [4.78, 5) is 0. The Hall–Kier alpha value is -4.81. The molecule has 2 aromatic heterocycles. The van der Waals surface area contributed by atoms with E-state index in [1.54, 1.807) is 0 Å². The molecule has 3 heteroatoms. The molecule has 1 aliphatic carbocycles. The van der Waals surface area contributed by atoms with E-state index in [1.165, 1.54) is 55.2 Å². The summed E-state index contributed by atoms with van der Waals surface area (Å²) in [5, 5.41) is 13.7. The van der Waals surface area contributed by atoms with Gasteiger partial charge in [0.05, 0.1) is 45.3 Å². The number of allylic oxidation sites excluding steroid dienone is 3. The topological polar surface area (TPSA) is 33.6 Å². The number of aryl methyl sites for hydroxylation is 3. The van der Waals surface area contributed by atoms with Gasteiger partial charge in [0.15, 0.2) is 0 Å². The van der Waals surface area contributed by atoms with Gasteiger partial charge in [0.2, 0.25) is 0 Å². The van der Waals surface area contributed by atoms with Gasteiger partial charge in [-0.05, 0) is 100 Å². The molecule has 0 spiro atoms. The van der Waals surface area contributed by atoms with E-state index in [2.05, 4.69) is 122 Å². The second-order valence-electron chi connectivity index (χ2n) is 10.9. The van der Waals surface area contributed by atoms with Crippen LogP contribution in [0.4, 0.5) is 0 Å². The van der Waals surface area contributed by atoms with Crippen molar-refractivity contribution in [2.45, 2.75) is 34.1 Å². The van der Waals surface area contributed by atoms with E-state index >= 15 is 0 Å². The molecule has 1 aliphatic rings. The Morgan fingerprint density at radius 1 is 0.615 bits per heavy atom. The molecule has 0 aliphatic heterocycles. The largest absolute Gasteiger partial charge is 0.307 e. The van der Waals surface area contributed by atoms with Gasteiger partial charge < -0.3 is 9.13 Å². The first-order valence-corrected chi connectivity index (χ1v) is 13.5. The molecular formula is C36H29N3. The average molecular weight is 504 g/mol. The van der Waals surface area contributed by atoms with Crippen LogP contribution < -0.4 is 0 Å². The van der Waals surface area contributed by atoms with Gasteiger partial charge in [-0.15, -0.1) is 0 Å². The molecule has 188 valence electrons. The molecule has 0 radical (unpaired) electrons. The van der Waals surface area contributed by atoms with Crippen LogP contribution in [-0.4, -0.2) is 9.13 Å². The Labute approximate surface area is 228 Å². The highest BCUT2D eigenvalue weighted by molar-refractivity contribution is 6.10. The molecule has 6 aromatic rings. The van der Waals surface area contributed by atoms with Crippen LogP contribution in [0.2, 0.25) is 0 Å². The van der Waals surface area contributed by atoms with E-state index < -0.39 is 0 Å². The Morgan fingerprint density at radius 2 is 1.21 bits per heavy atom. The lowest BCUT2D eigenvalue weighted by atomic mass is 10.1. The van der Waals surface area contributed by atoms with Crippen LogP contribution in [0.1, 0.15) is 40.4 Å². The number of rotatable bonds is 2. The second-order valence-corrected chi connectivity index (χ2v) is 10.9. The van der Waals surface area contributed by atoms with Crippen molar-refractivity contribution in [3.05, 3.63) is 124 Å². The Kier molecular flexibility index (Phi) is 5.15. The van der Waals surface area contributed by atoms with Gasteiger partial charge in [-0.2, -0.15) is 5.26 Å². The molecule has 0 N–H and O–H groups in total. The van der Waals surface area contributed by atoms with Gasteiger partial charge in [-0.25, -0.2) is 0 Å². The summed E-state index contributed by atoms with van der Waals surface area (Å²) in [6, 6.07) is 28.6. The zero-order chi connectivity index (χ0) is 26.8. The number of nitriles is 1. The maximum atomic E-state index is 9.96. The molecule has 0 fully saturated rings. The zero-order valence-corrected chi connectivity index (χ0v) is 22.7. The predicted molar refractivity (Wildman–Crippen MR) is 163 cm³/mol. The summed E-state index contributed by atoms with van der Waals surface area (Å²) in [6.45, 7) is 8.61. The minimum Gasteiger partial charge on any atom is -0.307 e. The van der Waals surface area contributed by atoms with Crippen LogP contribution in [0.25, 0.3) is 50.2 Å². The van der Waals surface area contributed by atoms with Crippen LogP contribution in [-0.2, 0) is 6.42 Å². The van der Waals surface area contributed by atoms with Crippen molar-refractivity contribution in [1.82, 2.24) is 9.13 Å². The third kappa shape index (κ3) is 3.56. The van der Waals surface area contributed by atoms with Crippen molar-refractivity contribution in [2.75, 3.05) is 0 Å². The van der Waals surface area contributed by atoms with Gasteiger partial charge in [-0.1, -0.05) is 52.6 Å². The summed E-state index contributed by atoms with van der Waals surface area (Å²) in [5.41, 5.74) is 13.7. The lowest BCUT2D eigenvalue weighted by molar-refractivity contribution is 1.04. The first kappa shape index (κ1) is 23.3. The van der Waals surface area contributed by atoms with Crippen LogP contribution in [0, 0.1) is 32.1 Å². The maximum absolute atomic E-state index is 9.96. The van der Waals surface area contributed by atoms with Crippen molar-refractivity contribution in [3.8, 4) is 17.4 Å². The molecule has 0 saturated heterocycles. The Bertz CT molecular complexity index is 2030. The van der Waals surface area contributed by atoms with Gasteiger partial charge in [0.1, 0.15) is 0 Å². The third-order valence-electron chi connectivity index (χ3n) is 8.06. The molecule has 0 saturated carbocycles. The first-order chi connectivity index (χ1) is 18.9. The molecule has 39 heavy (non-hydrogen) atoms. The predicted octanol–water partition coefficient (Wildman–Crippen LogP) is 9.04. The second kappa shape index (κ2) is 8.61. The molecule has 0 amide bonds. The highest BCUT2D eigenvalue weighted by Crippen LogP contribution is 2.39. The fourth-order valence-corrected chi connectivity index (χ4v) is 6.15. The number of hydrogen-bond acceptors (Lipinski definition) is 1. The Morgan fingerprint density at radius 3 is 1.82 bits per heavy atom. The van der Waals surface area contributed by atoms with Crippen molar-refractivity contribution in [3.63, 3.8) is 0 Å². The Balaban J connectivity index is 1.64. The van der Waals surface area contributed by atoms with Gasteiger partial charge >= 0.3 is 0 Å². The summed E-state index contributed by atoms with van der Waals surface area (Å²) < 4.78 is 4.74. The monoisotopic (exact) mass is 503 g/mol. The van der Waals surface area contributed by atoms with Crippen molar-refractivity contribution in [2.24, 2.45) is 0 Å². The third-order valence-corrected chi connectivity index (χ3v) is 8.06. The highest BCUT2D eigenvalue weighted by atomic mass is 15.1. The van der Waals surface area contributed by atoms with Gasteiger partial charge in [-0.3, -0.25) is 0 Å². The van der Waals surface area contributed by atoms with Crippen molar-refractivity contribution >= 4 is 38.8 Å². The van der Waals surface area contributed by atoms with Crippen molar-refractivity contribution in [1.29, 1.82) is 5.26 Å². The van der Waals surface area contributed by atoms with E-state index in [0.717, 1.165) is 28.8 Å². The molecule has 7 rings (SSSR count). The maximum Gasteiger partial charge on any atom is 0.0992 e. The van der Waals surface area contributed by atoms with E-state index in [4.69, 9.17) is 0 Å². The molecule has 0 unspecified atom stereocenters. The number of benzene rings is 4. The molecular weight excluding hydrogens is 474 g/mol. The number of fused-ring (bicyclic) bond motifs is 6. The lowest BCUT2D eigenvalue weighted by Crippen LogP contribution is -2.05. The minimum atomic E-state index is 0.648. The minimum absolute atomic E-state index is 0.648. The SMILES string of the molecule is CC1=CCc2c(n(-c3ccc(C#N)cc3-n3c4ccc(C)cc4c4cc(C)ccc43)c3ccc(C)cc23)C=C1. The quantitative estimate of drug-likeness (QED) is 0.232. The van der Waals surface area contributed by atoms with E-state index in [0.29, 0.717) is 5.56 Å². The van der Waals surface area contributed by atoms with E-state index in [9.17, 15) is 5.26 Å². The molecule has 2 heterocycles. The molecule has 4 aromatic carbocycles. The average Bonchev–Trinajstić information content (AvgIpc) is 3.32. The first-order valence-electron chi connectivity index (χ1n) is 13.5.